The Labute approximate surface area is 181 Å². The molecule has 0 aliphatic carbocycles. The van der Waals surface area contributed by atoms with Crippen molar-refractivity contribution in [2.45, 2.75) is 13.0 Å². The number of rotatable bonds is 6. The van der Waals surface area contributed by atoms with Gasteiger partial charge < -0.3 is 11.1 Å². The highest BCUT2D eigenvalue weighted by Crippen LogP contribution is 2.26. The van der Waals surface area contributed by atoms with Crippen LogP contribution in [0, 0.1) is 0 Å². The summed E-state index contributed by atoms with van der Waals surface area (Å²) >= 11 is 0. The van der Waals surface area contributed by atoms with Gasteiger partial charge in [0.1, 0.15) is 5.82 Å². The Morgan fingerprint density at radius 3 is 2.39 bits per heavy atom. The van der Waals surface area contributed by atoms with Gasteiger partial charge in [0.15, 0.2) is 5.65 Å². The predicted molar refractivity (Wildman–Crippen MR) is 125 cm³/mol. The smallest absolute Gasteiger partial charge is 0.165 e. The van der Waals surface area contributed by atoms with E-state index in [-0.39, 0.29) is 0 Å². The van der Waals surface area contributed by atoms with E-state index in [1.54, 1.807) is 4.52 Å². The standard InChI is InChI=1S/C26H23N5/c27-17-21-7-4-8-22(16-21)24-18-28-31-14-13-25(30-26(24)31)29-23-11-9-20(10-12-23)15-19-5-2-1-3-6-19/h1-14,16,18H,15,17,27H2,(H,29,30). The van der Waals surface area contributed by atoms with Crippen LogP contribution < -0.4 is 11.1 Å². The second kappa shape index (κ2) is 8.42. The Bertz CT molecular complexity index is 1310. The van der Waals surface area contributed by atoms with Crippen LogP contribution in [0.15, 0.2) is 97.3 Å². The second-order valence-electron chi connectivity index (χ2n) is 7.53. The monoisotopic (exact) mass is 405 g/mol. The molecule has 31 heavy (non-hydrogen) atoms. The first kappa shape index (κ1) is 19.0. The van der Waals surface area contributed by atoms with Gasteiger partial charge in [0.25, 0.3) is 0 Å². The van der Waals surface area contributed by atoms with Crippen molar-refractivity contribution < 1.29 is 0 Å². The van der Waals surface area contributed by atoms with Gasteiger partial charge in [-0.05, 0) is 52.9 Å². The van der Waals surface area contributed by atoms with Crippen molar-refractivity contribution in [2.24, 2.45) is 5.73 Å². The molecule has 5 aromatic rings. The Morgan fingerprint density at radius 1 is 0.806 bits per heavy atom. The van der Waals surface area contributed by atoms with Gasteiger partial charge >= 0.3 is 0 Å². The maximum Gasteiger partial charge on any atom is 0.165 e. The highest BCUT2D eigenvalue weighted by Gasteiger charge is 2.10. The van der Waals surface area contributed by atoms with E-state index in [4.69, 9.17) is 10.7 Å². The van der Waals surface area contributed by atoms with E-state index in [1.165, 1.54) is 11.1 Å². The number of nitrogens with zero attached hydrogens (tertiary/aromatic N) is 3. The third-order valence-electron chi connectivity index (χ3n) is 5.32. The summed E-state index contributed by atoms with van der Waals surface area (Å²) < 4.78 is 1.79. The van der Waals surface area contributed by atoms with Crippen molar-refractivity contribution in [3.05, 3.63) is 114 Å². The van der Waals surface area contributed by atoms with Crippen LogP contribution in [-0.2, 0) is 13.0 Å². The first-order chi connectivity index (χ1) is 15.3. The topological polar surface area (TPSA) is 68.2 Å². The molecule has 152 valence electrons. The van der Waals surface area contributed by atoms with Crippen molar-refractivity contribution in [1.29, 1.82) is 0 Å². The van der Waals surface area contributed by atoms with Gasteiger partial charge in [-0.1, -0.05) is 60.7 Å². The molecule has 0 amide bonds. The summed E-state index contributed by atoms with van der Waals surface area (Å²) in [7, 11) is 0. The van der Waals surface area contributed by atoms with Gasteiger partial charge in [-0.25, -0.2) is 9.50 Å². The van der Waals surface area contributed by atoms with Crippen LogP contribution in [0.25, 0.3) is 16.8 Å². The van der Waals surface area contributed by atoms with Crippen molar-refractivity contribution in [1.82, 2.24) is 14.6 Å². The van der Waals surface area contributed by atoms with Gasteiger partial charge in [-0.3, -0.25) is 0 Å². The fourth-order valence-electron chi connectivity index (χ4n) is 3.69. The minimum Gasteiger partial charge on any atom is -0.340 e. The largest absolute Gasteiger partial charge is 0.340 e. The Balaban J connectivity index is 1.38. The molecule has 0 saturated heterocycles. The zero-order valence-corrected chi connectivity index (χ0v) is 17.1. The minimum absolute atomic E-state index is 0.507. The number of nitrogens with two attached hydrogens (primary N) is 1. The molecule has 0 atom stereocenters. The van der Waals surface area contributed by atoms with Crippen molar-refractivity contribution in [2.75, 3.05) is 5.32 Å². The van der Waals surface area contributed by atoms with E-state index in [0.29, 0.717) is 6.54 Å². The molecule has 0 aliphatic rings. The molecule has 0 aliphatic heterocycles. The molecule has 0 radical (unpaired) electrons. The molecule has 2 heterocycles. The van der Waals surface area contributed by atoms with E-state index in [9.17, 15) is 0 Å². The molecule has 0 saturated carbocycles. The van der Waals surface area contributed by atoms with E-state index < -0.39 is 0 Å². The highest BCUT2D eigenvalue weighted by atomic mass is 15.2. The summed E-state index contributed by atoms with van der Waals surface area (Å²) in [6.07, 6.45) is 4.69. The van der Waals surface area contributed by atoms with Gasteiger partial charge in [0, 0.05) is 24.0 Å². The molecule has 0 spiro atoms. The molecule has 2 aromatic heterocycles. The fourth-order valence-corrected chi connectivity index (χ4v) is 3.69. The van der Waals surface area contributed by atoms with E-state index in [2.05, 4.69) is 71.1 Å². The zero-order chi connectivity index (χ0) is 21.0. The van der Waals surface area contributed by atoms with Crippen LogP contribution in [-0.4, -0.2) is 14.6 Å². The van der Waals surface area contributed by atoms with Gasteiger partial charge in [-0.15, -0.1) is 0 Å². The Morgan fingerprint density at radius 2 is 1.58 bits per heavy atom. The van der Waals surface area contributed by atoms with Crippen LogP contribution in [0.4, 0.5) is 11.5 Å². The van der Waals surface area contributed by atoms with Crippen molar-refractivity contribution in [3.8, 4) is 11.1 Å². The molecule has 5 rings (SSSR count). The van der Waals surface area contributed by atoms with Crippen molar-refractivity contribution in [3.63, 3.8) is 0 Å². The number of nitrogens with one attached hydrogen (secondary N) is 1. The van der Waals surface area contributed by atoms with Crippen LogP contribution >= 0.6 is 0 Å². The lowest BCUT2D eigenvalue weighted by atomic mass is 10.0. The number of fused-ring (bicyclic) bond motifs is 1. The SMILES string of the molecule is NCc1cccc(-c2cnn3ccc(Nc4ccc(Cc5ccccc5)cc4)nc23)c1. The molecule has 5 nitrogen and oxygen atoms in total. The number of hydrogen-bond donors (Lipinski definition) is 2. The number of anilines is 2. The number of hydrogen-bond acceptors (Lipinski definition) is 4. The van der Waals surface area contributed by atoms with Crippen LogP contribution in [0.1, 0.15) is 16.7 Å². The number of benzene rings is 3. The summed E-state index contributed by atoms with van der Waals surface area (Å²) in [5, 5.41) is 7.85. The van der Waals surface area contributed by atoms with Crippen LogP contribution in [0.2, 0.25) is 0 Å². The normalized spacial score (nSPS) is 11.0. The molecular weight excluding hydrogens is 382 g/mol. The average Bonchev–Trinajstić information content (AvgIpc) is 3.24. The van der Waals surface area contributed by atoms with Crippen LogP contribution in [0.3, 0.4) is 0 Å². The summed E-state index contributed by atoms with van der Waals surface area (Å²) in [4.78, 5) is 4.81. The highest BCUT2D eigenvalue weighted by molar-refractivity contribution is 5.78. The second-order valence-corrected chi connectivity index (χ2v) is 7.53. The predicted octanol–water partition coefficient (Wildman–Crippen LogP) is 5.19. The molecule has 5 heteroatoms. The van der Waals surface area contributed by atoms with Crippen molar-refractivity contribution >= 4 is 17.2 Å². The fraction of sp³-hybridized carbons (Fsp3) is 0.0769. The average molecular weight is 406 g/mol. The van der Waals surface area contributed by atoms with E-state index in [0.717, 1.165) is 40.3 Å². The maximum atomic E-state index is 5.80. The van der Waals surface area contributed by atoms with E-state index >= 15 is 0 Å². The summed E-state index contributed by atoms with van der Waals surface area (Å²) in [5.74, 6) is 0.778. The Hall–Kier alpha value is -3.96. The molecule has 0 bridgehead atoms. The summed E-state index contributed by atoms with van der Waals surface area (Å²) in [6, 6.07) is 29.1. The lowest BCUT2D eigenvalue weighted by Crippen LogP contribution is -1.98. The quantitative estimate of drug-likeness (QED) is 0.408. The van der Waals surface area contributed by atoms with E-state index in [1.807, 2.05) is 36.7 Å². The minimum atomic E-state index is 0.507. The molecule has 0 unspecified atom stereocenters. The maximum absolute atomic E-state index is 5.80. The number of aromatic nitrogens is 3. The molecule has 0 fully saturated rings. The van der Waals surface area contributed by atoms with Crippen LogP contribution in [0.5, 0.6) is 0 Å². The van der Waals surface area contributed by atoms with Gasteiger partial charge in [0.2, 0.25) is 0 Å². The third kappa shape index (κ3) is 4.17. The Kier molecular flexibility index (Phi) is 5.17. The summed E-state index contributed by atoms with van der Waals surface area (Å²) in [5.41, 5.74) is 13.3. The van der Waals surface area contributed by atoms with Gasteiger partial charge in [0.05, 0.1) is 6.20 Å². The third-order valence-corrected chi connectivity index (χ3v) is 5.32. The van der Waals surface area contributed by atoms with Gasteiger partial charge in [-0.2, -0.15) is 5.10 Å². The molecule has 3 aromatic carbocycles. The summed E-state index contributed by atoms with van der Waals surface area (Å²) in [6.45, 7) is 0.507. The zero-order valence-electron chi connectivity index (χ0n) is 17.1. The first-order valence-electron chi connectivity index (χ1n) is 10.3. The lowest BCUT2D eigenvalue weighted by Gasteiger charge is -2.08. The molecule has 3 N–H and O–H groups in total. The lowest BCUT2D eigenvalue weighted by molar-refractivity contribution is 0.941. The first-order valence-corrected chi connectivity index (χ1v) is 10.3. The molecular formula is C26H23N5.